The normalized spacial score (nSPS) is 16.7. The monoisotopic (exact) mass is 237 g/mol. The van der Waals surface area contributed by atoms with Crippen LogP contribution in [0.25, 0.3) is 0 Å². The van der Waals surface area contributed by atoms with Gasteiger partial charge in [-0.25, -0.2) is 4.39 Å². The van der Waals surface area contributed by atoms with Crippen LogP contribution < -0.4 is 10.5 Å². The van der Waals surface area contributed by atoms with Crippen molar-refractivity contribution in [1.82, 2.24) is 0 Å². The number of hydrogen-bond donors (Lipinski definition) is 1. The summed E-state index contributed by atoms with van der Waals surface area (Å²) in [5.41, 5.74) is 6.18. The molecule has 0 spiro atoms. The Morgan fingerprint density at radius 3 is 2.65 bits per heavy atom. The molecule has 0 saturated heterocycles. The van der Waals surface area contributed by atoms with Gasteiger partial charge in [-0.2, -0.15) is 0 Å². The largest absolute Gasteiger partial charge is 0.493 e. The molecule has 0 aliphatic heterocycles. The molecule has 0 atom stereocenters. The predicted molar refractivity (Wildman–Crippen MR) is 66.4 cm³/mol. The number of nitrogens with two attached hydrogens (primary N) is 1. The van der Waals surface area contributed by atoms with E-state index in [1.165, 1.54) is 31.4 Å². The SMILES string of the molecule is CC(C)(N)c1cc(F)ccc1OCC1CCC1. The first kappa shape index (κ1) is 12.4. The number of benzene rings is 1. The minimum absolute atomic E-state index is 0.269. The van der Waals surface area contributed by atoms with Crippen LogP contribution in [0.3, 0.4) is 0 Å². The Morgan fingerprint density at radius 1 is 1.41 bits per heavy atom. The summed E-state index contributed by atoms with van der Waals surface area (Å²) in [6, 6.07) is 4.57. The third-order valence-electron chi connectivity index (χ3n) is 3.34. The maximum Gasteiger partial charge on any atom is 0.124 e. The molecule has 0 aromatic heterocycles. The topological polar surface area (TPSA) is 35.2 Å². The fourth-order valence-corrected chi connectivity index (χ4v) is 2.00. The molecule has 2 nitrogen and oxygen atoms in total. The quantitative estimate of drug-likeness (QED) is 0.872. The Labute approximate surface area is 102 Å². The molecule has 2 rings (SSSR count). The third kappa shape index (κ3) is 2.97. The van der Waals surface area contributed by atoms with Crippen molar-refractivity contribution >= 4 is 0 Å². The van der Waals surface area contributed by atoms with Crippen molar-refractivity contribution in [2.24, 2.45) is 11.7 Å². The van der Waals surface area contributed by atoms with Crippen LogP contribution in [0.5, 0.6) is 5.75 Å². The molecule has 17 heavy (non-hydrogen) atoms. The van der Waals surface area contributed by atoms with Crippen LogP contribution in [0.15, 0.2) is 18.2 Å². The van der Waals surface area contributed by atoms with E-state index in [-0.39, 0.29) is 5.82 Å². The van der Waals surface area contributed by atoms with Gasteiger partial charge in [0, 0.05) is 11.1 Å². The lowest BCUT2D eigenvalue weighted by atomic mass is 9.86. The molecule has 1 aliphatic rings. The van der Waals surface area contributed by atoms with Gasteiger partial charge in [0.15, 0.2) is 0 Å². The van der Waals surface area contributed by atoms with Gasteiger partial charge >= 0.3 is 0 Å². The highest BCUT2D eigenvalue weighted by atomic mass is 19.1. The Morgan fingerprint density at radius 2 is 2.12 bits per heavy atom. The lowest BCUT2D eigenvalue weighted by Crippen LogP contribution is -2.30. The number of ether oxygens (including phenoxy) is 1. The van der Waals surface area contributed by atoms with Gasteiger partial charge in [-0.1, -0.05) is 6.42 Å². The van der Waals surface area contributed by atoms with Crippen molar-refractivity contribution in [2.45, 2.75) is 38.6 Å². The van der Waals surface area contributed by atoms with Gasteiger partial charge in [0.1, 0.15) is 11.6 Å². The summed E-state index contributed by atoms with van der Waals surface area (Å²) in [6.45, 7) is 4.44. The highest BCUT2D eigenvalue weighted by Gasteiger charge is 2.22. The predicted octanol–water partition coefficient (Wildman–Crippen LogP) is 3.20. The number of hydrogen-bond acceptors (Lipinski definition) is 2. The highest BCUT2D eigenvalue weighted by Crippen LogP contribution is 2.31. The molecule has 0 amide bonds. The smallest absolute Gasteiger partial charge is 0.124 e. The van der Waals surface area contributed by atoms with Crippen molar-refractivity contribution in [3.8, 4) is 5.75 Å². The summed E-state index contributed by atoms with van der Waals surface area (Å²) in [4.78, 5) is 0. The van der Waals surface area contributed by atoms with Crippen LogP contribution in [0.4, 0.5) is 4.39 Å². The van der Waals surface area contributed by atoms with E-state index in [0.29, 0.717) is 18.3 Å². The van der Waals surface area contributed by atoms with Crippen molar-refractivity contribution in [3.63, 3.8) is 0 Å². The molecule has 1 aliphatic carbocycles. The van der Waals surface area contributed by atoms with Gasteiger partial charge < -0.3 is 10.5 Å². The zero-order valence-electron chi connectivity index (χ0n) is 10.5. The van der Waals surface area contributed by atoms with E-state index < -0.39 is 5.54 Å². The average Bonchev–Trinajstić information content (AvgIpc) is 2.16. The second-order valence-corrected chi connectivity index (χ2v) is 5.47. The van der Waals surface area contributed by atoms with Gasteiger partial charge in [-0.05, 0) is 50.8 Å². The van der Waals surface area contributed by atoms with E-state index in [4.69, 9.17) is 10.5 Å². The van der Waals surface area contributed by atoms with E-state index in [9.17, 15) is 4.39 Å². The van der Waals surface area contributed by atoms with E-state index >= 15 is 0 Å². The average molecular weight is 237 g/mol. The second-order valence-electron chi connectivity index (χ2n) is 5.47. The second kappa shape index (κ2) is 4.65. The van der Waals surface area contributed by atoms with Crippen molar-refractivity contribution in [3.05, 3.63) is 29.6 Å². The van der Waals surface area contributed by atoms with Gasteiger partial charge in [-0.15, -0.1) is 0 Å². The van der Waals surface area contributed by atoms with Crippen LogP contribution in [-0.4, -0.2) is 6.61 Å². The van der Waals surface area contributed by atoms with Gasteiger partial charge in [0.05, 0.1) is 6.61 Å². The Bertz CT molecular complexity index is 394. The Balaban J connectivity index is 2.13. The summed E-state index contributed by atoms with van der Waals surface area (Å²) in [5.74, 6) is 1.11. The summed E-state index contributed by atoms with van der Waals surface area (Å²) < 4.78 is 19.0. The molecule has 3 heteroatoms. The lowest BCUT2D eigenvalue weighted by molar-refractivity contribution is 0.177. The highest BCUT2D eigenvalue weighted by molar-refractivity contribution is 5.38. The molecule has 2 N–H and O–H groups in total. The molecule has 0 heterocycles. The minimum atomic E-state index is -0.586. The molecule has 1 aromatic rings. The maximum absolute atomic E-state index is 13.2. The van der Waals surface area contributed by atoms with Crippen LogP contribution in [0, 0.1) is 11.7 Å². The number of rotatable bonds is 4. The molecular formula is C14H20FNO. The van der Waals surface area contributed by atoms with Crippen molar-refractivity contribution in [1.29, 1.82) is 0 Å². The van der Waals surface area contributed by atoms with E-state index in [1.54, 1.807) is 6.07 Å². The first-order chi connectivity index (χ1) is 7.97. The van der Waals surface area contributed by atoms with E-state index in [1.807, 2.05) is 13.8 Å². The standard InChI is InChI=1S/C14H20FNO/c1-14(2,16)12-8-11(15)6-7-13(12)17-9-10-4-3-5-10/h6-8,10H,3-5,9,16H2,1-2H3. The first-order valence-electron chi connectivity index (χ1n) is 6.18. The van der Waals surface area contributed by atoms with Crippen LogP contribution >= 0.6 is 0 Å². The molecule has 94 valence electrons. The molecule has 0 unspecified atom stereocenters. The van der Waals surface area contributed by atoms with Crippen LogP contribution in [0.1, 0.15) is 38.7 Å². The molecule has 1 saturated carbocycles. The first-order valence-corrected chi connectivity index (χ1v) is 6.18. The lowest BCUT2D eigenvalue weighted by Gasteiger charge is -2.28. The zero-order valence-corrected chi connectivity index (χ0v) is 10.5. The van der Waals surface area contributed by atoms with Gasteiger partial charge in [0.2, 0.25) is 0 Å². The Kier molecular flexibility index (Phi) is 3.38. The van der Waals surface area contributed by atoms with E-state index in [0.717, 1.165) is 5.56 Å². The molecule has 1 fully saturated rings. The Hall–Kier alpha value is -1.09. The van der Waals surface area contributed by atoms with E-state index in [2.05, 4.69) is 0 Å². The minimum Gasteiger partial charge on any atom is -0.493 e. The van der Waals surface area contributed by atoms with Crippen LogP contribution in [0.2, 0.25) is 0 Å². The molecule has 0 bridgehead atoms. The van der Waals surface area contributed by atoms with Crippen molar-refractivity contribution in [2.75, 3.05) is 6.61 Å². The molecule has 1 aromatic carbocycles. The summed E-state index contributed by atoms with van der Waals surface area (Å²) in [7, 11) is 0. The van der Waals surface area contributed by atoms with Gasteiger partial charge in [0.25, 0.3) is 0 Å². The third-order valence-corrected chi connectivity index (χ3v) is 3.34. The fraction of sp³-hybridized carbons (Fsp3) is 0.571. The van der Waals surface area contributed by atoms with Crippen LogP contribution in [-0.2, 0) is 5.54 Å². The summed E-state index contributed by atoms with van der Waals surface area (Å²) >= 11 is 0. The summed E-state index contributed by atoms with van der Waals surface area (Å²) in [5, 5.41) is 0. The fourth-order valence-electron chi connectivity index (χ4n) is 2.00. The van der Waals surface area contributed by atoms with Gasteiger partial charge in [-0.3, -0.25) is 0 Å². The molecular weight excluding hydrogens is 217 g/mol. The summed E-state index contributed by atoms with van der Waals surface area (Å²) in [6.07, 6.45) is 3.78. The van der Waals surface area contributed by atoms with Crippen molar-refractivity contribution < 1.29 is 9.13 Å². The molecule has 0 radical (unpaired) electrons. The maximum atomic E-state index is 13.2. The zero-order chi connectivity index (χ0) is 12.5. The number of halogens is 1.